The molecule has 3 N–H and O–H groups in total. The van der Waals surface area contributed by atoms with E-state index in [9.17, 15) is 13.6 Å². The van der Waals surface area contributed by atoms with Gasteiger partial charge in [-0.2, -0.15) is 8.78 Å². The van der Waals surface area contributed by atoms with Gasteiger partial charge >= 0.3 is 6.03 Å². The molecule has 0 unspecified atom stereocenters. The van der Waals surface area contributed by atoms with Gasteiger partial charge in [0, 0.05) is 22.7 Å². The maximum atomic E-state index is 12.3. The second kappa shape index (κ2) is 7.44. The molecular formula is C13H18F2N2O2S. The Balaban J connectivity index is 2.62. The average Bonchev–Trinajstić information content (AvgIpc) is 2.26. The number of urea groups is 1. The number of thioether (sulfide) groups is 1. The van der Waals surface area contributed by atoms with E-state index in [4.69, 9.17) is 5.11 Å². The molecular weight excluding hydrogens is 286 g/mol. The maximum Gasteiger partial charge on any atom is 0.319 e. The van der Waals surface area contributed by atoms with Gasteiger partial charge in [0.05, 0.1) is 0 Å². The fourth-order valence-corrected chi connectivity index (χ4v) is 2.12. The normalized spacial score (nSPS) is 11.5. The number of benzene rings is 1. The van der Waals surface area contributed by atoms with Crippen LogP contribution >= 0.6 is 11.8 Å². The number of alkyl halides is 2. The van der Waals surface area contributed by atoms with Gasteiger partial charge in [-0.3, -0.25) is 0 Å². The minimum absolute atomic E-state index is 0.0339. The second-order valence-corrected chi connectivity index (χ2v) is 5.91. The third-order valence-electron chi connectivity index (χ3n) is 2.51. The summed E-state index contributed by atoms with van der Waals surface area (Å²) in [5.41, 5.74) is -0.110. The summed E-state index contributed by atoms with van der Waals surface area (Å²) in [5.74, 6) is -2.50. The Morgan fingerprint density at radius 1 is 1.45 bits per heavy atom. The van der Waals surface area contributed by atoms with E-state index < -0.39 is 17.3 Å². The van der Waals surface area contributed by atoms with Gasteiger partial charge in [-0.1, -0.05) is 17.8 Å². The molecule has 0 heterocycles. The molecule has 0 aliphatic rings. The Kier molecular flexibility index (Phi) is 6.22. The van der Waals surface area contributed by atoms with Gasteiger partial charge in [-0.25, -0.2) is 4.79 Å². The van der Waals surface area contributed by atoms with Crippen molar-refractivity contribution in [3.8, 4) is 0 Å². The zero-order chi connectivity index (χ0) is 15.2. The van der Waals surface area contributed by atoms with Crippen molar-refractivity contribution in [3.63, 3.8) is 0 Å². The lowest BCUT2D eigenvalue weighted by Crippen LogP contribution is -2.46. The summed E-state index contributed by atoms with van der Waals surface area (Å²) in [6, 6.07) is 5.81. The Morgan fingerprint density at radius 3 is 2.75 bits per heavy atom. The van der Waals surface area contributed by atoms with E-state index in [0.29, 0.717) is 28.8 Å². The Labute approximate surface area is 120 Å². The summed E-state index contributed by atoms with van der Waals surface area (Å²) in [7, 11) is 0. The zero-order valence-corrected chi connectivity index (χ0v) is 12.1. The van der Waals surface area contributed by atoms with E-state index >= 15 is 0 Å². The number of halogens is 2. The Bertz CT molecular complexity index is 456. The molecule has 0 aliphatic heterocycles. The van der Waals surface area contributed by atoms with E-state index in [1.807, 2.05) is 0 Å². The quantitative estimate of drug-likeness (QED) is 0.707. The van der Waals surface area contributed by atoms with Crippen LogP contribution in [0.1, 0.15) is 20.3 Å². The van der Waals surface area contributed by atoms with Gasteiger partial charge in [0.15, 0.2) is 0 Å². The summed E-state index contributed by atoms with van der Waals surface area (Å²) in [4.78, 5) is 12.2. The summed E-state index contributed by atoms with van der Waals surface area (Å²) in [6.07, 6.45) is 0.418. The number of carbonyl (C=O) groups is 1. The van der Waals surface area contributed by atoms with Gasteiger partial charge in [0.25, 0.3) is 5.76 Å². The van der Waals surface area contributed by atoms with Crippen LogP contribution < -0.4 is 10.6 Å². The van der Waals surface area contributed by atoms with Gasteiger partial charge in [0.2, 0.25) is 0 Å². The number of hydrogen-bond acceptors (Lipinski definition) is 3. The van der Waals surface area contributed by atoms with Crippen molar-refractivity contribution in [1.29, 1.82) is 0 Å². The first kappa shape index (κ1) is 16.7. The summed E-state index contributed by atoms with van der Waals surface area (Å²) in [5, 5.41) is 14.2. The van der Waals surface area contributed by atoms with Gasteiger partial charge in [-0.05, 0) is 38.5 Å². The maximum absolute atomic E-state index is 12.3. The summed E-state index contributed by atoms with van der Waals surface area (Å²) >= 11 is 0.423. The average molecular weight is 304 g/mol. The molecule has 112 valence electrons. The highest BCUT2D eigenvalue weighted by Gasteiger charge is 2.19. The molecule has 1 aromatic carbocycles. The van der Waals surface area contributed by atoms with Crippen LogP contribution in [0, 0.1) is 0 Å². The molecule has 0 aliphatic carbocycles. The second-order valence-electron chi connectivity index (χ2n) is 4.84. The molecule has 0 bridgehead atoms. The number of anilines is 1. The van der Waals surface area contributed by atoms with Gasteiger partial charge < -0.3 is 15.7 Å². The lowest BCUT2D eigenvalue weighted by atomic mass is 10.0. The van der Waals surface area contributed by atoms with Crippen LogP contribution in [0.4, 0.5) is 19.3 Å². The van der Waals surface area contributed by atoms with Crippen LogP contribution in [0.15, 0.2) is 29.2 Å². The van der Waals surface area contributed by atoms with Crippen LogP contribution in [0.25, 0.3) is 0 Å². The number of rotatable bonds is 6. The Hall–Kier alpha value is -1.34. The van der Waals surface area contributed by atoms with E-state index in [0.717, 1.165) is 0 Å². The molecule has 20 heavy (non-hydrogen) atoms. The summed E-state index contributed by atoms with van der Waals surface area (Å²) < 4.78 is 24.5. The topological polar surface area (TPSA) is 61.4 Å². The van der Waals surface area contributed by atoms with Crippen LogP contribution in [0.3, 0.4) is 0 Å². The molecule has 1 aromatic rings. The molecule has 0 radical (unpaired) electrons. The third-order valence-corrected chi connectivity index (χ3v) is 3.21. The van der Waals surface area contributed by atoms with Crippen molar-refractivity contribution >= 4 is 23.5 Å². The monoisotopic (exact) mass is 304 g/mol. The first-order chi connectivity index (χ1) is 9.32. The molecule has 0 saturated heterocycles. The third kappa shape index (κ3) is 6.21. The lowest BCUT2D eigenvalue weighted by molar-refractivity contribution is 0.218. The fraction of sp³-hybridized carbons (Fsp3) is 0.462. The highest BCUT2D eigenvalue weighted by Crippen LogP contribution is 2.27. The van der Waals surface area contributed by atoms with Gasteiger partial charge in [-0.15, -0.1) is 0 Å². The standard InChI is InChI=1S/C13H18F2N2O2S/c1-13(2,6-7-18)17-12(19)16-9-4-3-5-10(8-9)20-11(14)15/h3-5,8,11,18H,6-7H2,1-2H3,(H2,16,17,19). The van der Waals surface area contributed by atoms with E-state index in [1.165, 1.54) is 6.07 Å². The molecule has 0 saturated carbocycles. The van der Waals surface area contributed by atoms with Crippen molar-refractivity contribution in [1.82, 2.24) is 5.32 Å². The lowest BCUT2D eigenvalue weighted by Gasteiger charge is -2.25. The zero-order valence-electron chi connectivity index (χ0n) is 11.3. The molecule has 0 aromatic heterocycles. The van der Waals surface area contributed by atoms with Crippen LogP contribution in [-0.4, -0.2) is 29.0 Å². The van der Waals surface area contributed by atoms with Crippen LogP contribution in [0.2, 0.25) is 0 Å². The smallest absolute Gasteiger partial charge is 0.319 e. The predicted octanol–water partition coefficient (Wildman–Crippen LogP) is 3.28. The van der Waals surface area contributed by atoms with Crippen molar-refractivity contribution in [3.05, 3.63) is 24.3 Å². The van der Waals surface area contributed by atoms with Crippen molar-refractivity contribution < 1.29 is 18.7 Å². The molecule has 0 atom stereocenters. The SMILES string of the molecule is CC(C)(CCO)NC(=O)Nc1cccc(SC(F)F)c1. The fourth-order valence-electron chi connectivity index (χ4n) is 1.56. The molecule has 7 heteroatoms. The molecule has 1 rings (SSSR count). The van der Waals surface area contributed by atoms with E-state index in [-0.39, 0.29) is 6.61 Å². The minimum atomic E-state index is -2.50. The van der Waals surface area contributed by atoms with Crippen molar-refractivity contribution in [2.24, 2.45) is 0 Å². The number of hydrogen-bond donors (Lipinski definition) is 3. The number of amides is 2. The van der Waals surface area contributed by atoms with Crippen molar-refractivity contribution in [2.45, 2.75) is 36.5 Å². The first-order valence-corrected chi connectivity index (χ1v) is 6.95. The highest BCUT2D eigenvalue weighted by molar-refractivity contribution is 7.99. The minimum Gasteiger partial charge on any atom is -0.396 e. The Morgan fingerprint density at radius 2 is 2.15 bits per heavy atom. The van der Waals surface area contributed by atoms with Gasteiger partial charge in [0.1, 0.15) is 0 Å². The number of nitrogens with one attached hydrogen (secondary N) is 2. The van der Waals surface area contributed by atoms with E-state index in [2.05, 4.69) is 10.6 Å². The largest absolute Gasteiger partial charge is 0.396 e. The predicted molar refractivity (Wildman–Crippen MR) is 76.2 cm³/mol. The molecule has 2 amide bonds. The van der Waals surface area contributed by atoms with Crippen LogP contribution in [-0.2, 0) is 0 Å². The molecule has 0 fully saturated rings. The summed E-state index contributed by atoms with van der Waals surface area (Å²) in [6.45, 7) is 3.53. The molecule has 4 nitrogen and oxygen atoms in total. The number of aliphatic hydroxyl groups excluding tert-OH is 1. The molecule has 0 spiro atoms. The number of carbonyl (C=O) groups excluding carboxylic acids is 1. The first-order valence-electron chi connectivity index (χ1n) is 6.07. The van der Waals surface area contributed by atoms with Crippen LogP contribution in [0.5, 0.6) is 0 Å². The van der Waals surface area contributed by atoms with E-state index in [1.54, 1.807) is 32.0 Å². The number of aliphatic hydroxyl groups is 1. The van der Waals surface area contributed by atoms with Crippen molar-refractivity contribution in [2.75, 3.05) is 11.9 Å². The highest BCUT2D eigenvalue weighted by atomic mass is 32.2.